The third-order valence-corrected chi connectivity index (χ3v) is 3.27. The second kappa shape index (κ2) is 8.63. The van der Waals surface area contributed by atoms with Crippen molar-refractivity contribution in [1.29, 1.82) is 0 Å². The molecule has 2 aromatic rings. The summed E-state index contributed by atoms with van der Waals surface area (Å²) in [4.78, 5) is 5.48. The first kappa shape index (κ1) is 16.6. The smallest absolute Gasteiger partial charge is 0.187 e. The van der Waals surface area contributed by atoms with Gasteiger partial charge >= 0.3 is 0 Å². The minimum absolute atomic E-state index is 0.585. The lowest BCUT2D eigenvalue weighted by molar-refractivity contribution is 0.782. The molecular formula is C17H20N6. The SMILES string of the molecule is [C-]#[N+]c1ccc(N=Nc2ccc(N(CCN)CCN)cc2)cc1. The van der Waals surface area contributed by atoms with E-state index in [0.29, 0.717) is 18.8 Å². The van der Waals surface area contributed by atoms with Gasteiger partial charge in [-0.05, 0) is 36.4 Å². The largest absolute Gasteiger partial charge is 0.369 e. The molecule has 2 aromatic carbocycles. The van der Waals surface area contributed by atoms with Gasteiger partial charge in [-0.3, -0.25) is 0 Å². The van der Waals surface area contributed by atoms with Crippen molar-refractivity contribution in [2.45, 2.75) is 0 Å². The van der Waals surface area contributed by atoms with Crippen molar-refractivity contribution >= 4 is 22.7 Å². The Kier molecular flexibility index (Phi) is 6.24. The van der Waals surface area contributed by atoms with Crippen molar-refractivity contribution in [3.8, 4) is 0 Å². The maximum atomic E-state index is 6.92. The van der Waals surface area contributed by atoms with E-state index in [9.17, 15) is 0 Å². The molecule has 6 nitrogen and oxygen atoms in total. The molecule has 0 radical (unpaired) electrons. The Morgan fingerprint density at radius 3 is 1.74 bits per heavy atom. The molecule has 0 aromatic heterocycles. The molecule has 2 rings (SSSR count). The van der Waals surface area contributed by atoms with Gasteiger partial charge in [-0.1, -0.05) is 12.1 Å². The Labute approximate surface area is 136 Å². The molecule has 0 amide bonds. The Morgan fingerprint density at radius 2 is 1.30 bits per heavy atom. The van der Waals surface area contributed by atoms with Crippen LogP contribution in [-0.4, -0.2) is 26.2 Å². The number of azo groups is 1. The standard InChI is InChI=1S/C17H20N6/c1-20-14-2-4-15(5-3-14)21-22-16-6-8-17(9-7-16)23(12-10-18)13-11-19/h2-9H,10-13,18-19H2. The van der Waals surface area contributed by atoms with Gasteiger partial charge in [-0.15, -0.1) is 0 Å². The van der Waals surface area contributed by atoms with Crippen LogP contribution in [0.3, 0.4) is 0 Å². The Morgan fingerprint density at radius 1 is 0.826 bits per heavy atom. The Hall–Kier alpha value is -2.75. The van der Waals surface area contributed by atoms with Crippen molar-refractivity contribution in [3.63, 3.8) is 0 Å². The van der Waals surface area contributed by atoms with E-state index in [1.54, 1.807) is 24.3 Å². The van der Waals surface area contributed by atoms with Crippen LogP contribution in [0.2, 0.25) is 0 Å². The lowest BCUT2D eigenvalue weighted by Gasteiger charge is -2.23. The first-order chi connectivity index (χ1) is 11.3. The topological polar surface area (TPSA) is 84.4 Å². The van der Waals surface area contributed by atoms with Gasteiger partial charge in [0.05, 0.1) is 17.9 Å². The minimum Gasteiger partial charge on any atom is -0.369 e. The molecule has 0 aliphatic carbocycles. The van der Waals surface area contributed by atoms with E-state index < -0.39 is 0 Å². The van der Waals surface area contributed by atoms with Crippen LogP contribution >= 0.6 is 0 Å². The maximum absolute atomic E-state index is 6.92. The number of hydrogen-bond acceptors (Lipinski definition) is 5. The number of nitrogens with zero attached hydrogens (tertiary/aromatic N) is 4. The normalized spacial score (nSPS) is 10.7. The van der Waals surface area contributed by atoms with Gasteiger partial charge in [0.15, 0.2) is 5.69 Å². The molecule has 0 heterocycles. The summed E-state index contributed by atoms with van der Waals surface area (Å²) in [6, 6.07) is 14.8. The van der Waals surface area contributed by atoms with E-state index in [-0.39, 0.29) is 0 Å². The zero-order valence-electron chi connectivity index (χ0n) is 12.9. The quantitative estimate of drug-likeness (QED) is 0.607. The van der Waals surface area contributed by atoms with Crippen LogP contribution in [0, 0.1) is 6.57 Å². The molecule has 0 unspecified atom stereocenters. The molecule has 0 atom stereocenters. The number of hydrogen-bond donors (Lipinski definition) is 2. The van der Waals surface area contributed by atoms with Gasteiger partial charge < -0.3 is 16.4 Å². The molecule has 0 aliphatic heterocycles. The molecule has 0 bridgehead atoms. The first-order valence-corrected chi connectivity index (χ1v) is 7.41. The molecule has 0 fully saturated rings. The van der Waals surface area contributed by atoms with Crippen LogP contribution in [-0.2, 0) is 0 Å². The summed E-state index contributed by atoms with van der Waals surface area (Å²) < 4.78 is 0. The summed E-state index contributed by atoms with van der Waals surface area (Å²) in [5.74, 6) is 0. The zero-order valence-corrected chi connectivity index (χ0v) is 12.9. The van der Waals surface area contributed by atoms with Crippen LogP contribution in [0.1, 0.15) is 0 Å². The van der Waals surface area contributed by atoms with Crippen LogP contribution in [0.15, 0.2) is 58.8 Å². The molecule has 4 N–H and O–H groups in total. The molecule has 0 aliphatic rings. The maximum Gasteiger partial charge on any atom is 0.187 e. The van der Waals surface area contributed by atoms with Gasteiger partial charge in [0.25, 0.3) is 0 Å². The van der Waals surface area contributed by atoms with Gasteiger partial charge in [-0.25, -0.2) is 4.85 Å². The predicted molar refractivity (Wildman–Crippen MR) is 93.6 cm³/mol. The molecule has 0 spiro atoms. The number of benzene rings is 2. The number of rotatable bonds is 7. The summed E-state index contributed by atoms with van der Waals surface area (Å²) in [5.41, 5.74) is 14.4. The lowest BCUT2D eigenvalue weighted by atomic mass is 10.2. The van der Waals surface area contributed by atoms with E-state index >= 15 is 0 Å². The average Bonchev–Trinajstić information content (AvgIpc) is 2.61. The summed E-state index contributed by atoms with van der Waals surface area (Å²) >= 11 is 0. The highest BCUT2D eigenvalue weighted by atomic mass is 15.1. The van der Waals surface area contributed by atoms with Crippen LogP contribution in [0.5, 0.6) is 0 Å². The van der Waals surface area contributed by atoms with Gasteiger partial charge in [0.2, 0.25) is 0 Å². The van der Waals surface area contributed by atoms with Crippen LogP contribution < -0.4 is 16.4 Å². The highest BCUT2D eigenvalue weighted by Crippen LogP contribution is 2.23. The molecular weight excluding hydrogens is 288 g/mol. The summed E-state index contributed by atoms with van der Waals surface area (Å²) in [7, 11) is 0. The van der Waals surface area contributed by atoms with E-state index in [4.69, 9.17) is 18.0 Å². The monoisotopic (exact) mass is 308 g/mol. The van der Waals surface area contributed by atoms with E-state index in [1.807, 2.05) is 24.3 Å². The second-order valence-corrected chi connectivity index (χ2v) is 4.91. The lowest BCUT2D eigenvalue weighted by Crippen LogP contribution is -2.33. The molecule has 0 saturated carbocycles. The average molecular weight is 308 g/mol. The fourth-order valence-electron chi connectivity index (χ4n) is 2.12. The van der Waals surface area contributed by atoms with Crippen molar-refractivity contribution in [2.24, 2.45) is 21.7 Å². The summed E-state index contributed by atoms with van der Waals surface area (Å²) in [6.45, 7) is 9.63. The van der Waals surface area contributed by atoms with E-state index in [1.165, 1.54) is 0 Å². The number of nitrogens with two attached hydrogens (primary N) is 2. The van der Waals surface area contributed by atoms with Crippen LogP contribution in [0.4, 0.5) is 22.7 Å². The third-order valence-electron chi connectivity index (χ3n) is 3.27. The van der Waals surface area contributed by atoms with Gasteiger partial charge in [-0.2, -0.15) is 10.2 Å². The Bertz CT molecular complexity index is 664. The van der Waals surface area contributed by atoms with Crippen molar-refractivity contribution in [3.05, 3.63) is 59.9 Å². The van der Waals surface area contributed by atoms with Gasteiger partial charge in [0, 0.05) is 31.9 Å². The van der Waals surface area contributed by atoms with Crippen molar-refractivity contribution in [1.82, 2.24) is 0 Å². The van der Waals surface area contributed by atoms with Crippen molar-refractivity contribution < 1.29 is 0 Å². The predicted octanol–water partition coefficient (Wildman–Crippen LogP) is 3.38. The number of anilines is 1. The van der Waals surface area contributed by atoms with E-state index in [2.05, 4.69) is 20.0 Å². The summed E-state index contributed by atoms with van der Waals surface area (Å²) in [5, 5.41) is 8.37. The molecule has 0 saturated heterocycles. The van der Waals surface area contributed by atoms with E-state index in [0.717, 1.165) is 30.2 Å². The molecule has 23 heavy (non-hydrogen) atoms. The minimum atomic E-state index is 0.585. The summed E-state index contributed by atoms with van der Waals surface area (Å²) in [6.07, 6.45) is 0. The Balaban J connectivity index is 2.06. The fourth-order valence-corrected chi connectivity index (χ4v) is 2.12. The highest BCUT2D eigenvalue weighted by Gasteiger charge is 2.04. The molecule has 6 heteroatoms. The highest BCUT2D eigenvalue weighted by molar-refractivity contribution is 5.54. The fraction of sp³-hybridized carbons (Fsp3) is 0.235. The first-order valence-electron chi connectivity index (χ1n) is 7.41. The van der Waals surface area contributed by atoms with Crippen molar-refractivity contribution in [2.75, 3.05) is 31.1 Å². The van der Waals surface area contributed by atoms with Gasteiger partial charge in [0.1, 0.15) is 0 Å². The second-order valence-electron chi connectivity index (χ2n) is 4.91. The molecule has 118 valence electrons. The van der Waals surface area contributed by atoms with Crippen LogP contribution in [0.25, 0.3) is 4.85 Å². The third kappa shape index (κ3) is 4.88. The zero-order chi connectivity index (χ0) is 16.5.